The molecule has 1 aliphatic carbocycles. The van der Waals surface area contributed by atoms with Crippen LogP contribution >= 0.6 is 23.2 Å². The van der Waals surface area contributed by atoms with Gasteiger partial charge in [0.05, 0.1) is 10.0 Å². The first kappa shape index (κ1) is 15.0. The Kier molecular flexibility index (Phi) is 6.29. The SMILES string of the molecule is Clc1cccc(Cl)c1OCCNC1CCCCCC1. The van der Waals surface area contributed by atoms with E-state index in [1.165, 1.54) is 38.5 Å². The second-order valence-electron chi connectivity index (χ2n) is 5.04. The molecule has 4 heteroatoms. The van der Waals surface area contributed by atoms with Gasteiger partial charge in [0.25, 0.3) is 0 Å². The van der Waals surface area contributed by atoms with Crippen molar-refractivity contribution in [1.29, 1.82) is 0 Å². The predicted molar refractivity (Wildman–Crippen MR) is 81.4 cm³/mol. The minimum absolute atomic E-state index is 0.571. The first-order valence-electron chi connectivity index (χ1n) is 7.07. The lowest BCUT2D eigenvalue weighted by Gasteiger charge is -2.16. The lowest BCUT2D eigenvalue weighted by atomic mass is 10.1. The van der Waals surface area contributed by atoms with Gasteiger partial charge in [-0.1, -0.05) is 55.0 Å². The molecule has 0 saturated heterocycles. The van der Waals surface area contributed by atoms with E-state index < -0.39 is 0 Å². The molecule has 1 aromatic carbocycles. The van der Waals surface area contributed by atoms with Gasteiger partial charge in [-0.25, -0.2) is 0 Å². The van der Waals surface area contributed by atoms with E-state index in [0.717, 1.165) is 6.54 Å². The van der Waals surface area contributed by atoms with Gasteiger partial charge in [0.1, 0.15) is 6.61 Å². The third kappa shape index (κ3) is 4.87. The van der Waals surface area contributed by atoms with Crippen molar-refractivity contribution in [2.24, 2.45) is 0 Å². The summed E-state index contributed by atoms with van der Waals surface area (Å²) in [6.07, 6.45) is 8.01. The highest BCUT2D eigenvalue weighted by molar-refractivity contribution is 6.37. The van der Waals surface area contributed by atoms with Crippen LogP contribution in [0.15, 0.2) is 18.2 Å². The predicted octanol–water partition coefficient (Wildman–Crippen LogP) is 4.68. The van der Waals surface area contributed by atoms with Crippen molar-refractivity contribution in [3.05, 3.63) is 28.2 Å². The highest BCUT2D eigenvalue weighted by Gasteiger charge is 2.11. The Bertz CT molecular complexity index is 369. The van der Waals surface area contributed by atoms with Crippen LogP contribution in [-0.4, -0.2) is 19.2 Å². The van der Waals surface area contributed by atoms with Crippen molar-refractivity contribution in [2.75, 3.05) is 13.2 Å². The standard InChI is InChI=1S/C15H21Cl2NO/c16-13-8-5-9-14(17)15(13)19-11-10-18-12-6-3-1-2-4-7-12/h5,8-9,12,18H,1-4,6-7,10-11H2. The molecule has 0 amide bonds. The zero-order chi connectivity index (χ0) is 13.5. The van der Waals surface area contributed by atoms with Crippen LogP contribution in [0.1, 0.15) is 38.5 Å². The second-order valence-corrected chi connectivity index (χ2v) is 5.86. The molecule has 0 aromatic heterocycles. The van der Waals surface area contributed by atoms with E-state index >= 15 is 0 Å². The number of rotatable bonds is 5. The van der Waals surface area contributed by atoms with Gasteiger partial charge in [0.15, 0.2) is 5.75 Å². The monoisotopic (exact) mass is 301 g/mol. The van der Waals surface area contributed by atoms with Crippen LogP contribution < -0.4 is 10.1 Å². The normalized spacial score (nSPS) is 17.2. The molecule has 0 heterocycles. The summed E-state index contributed by atoms with van der Waals surface area (Å²) >= 11 is 12.1. The molecule has 0 aliphatic heterocycles. The van der Waals surface area contributed by atoms with Crippen LogP contribution in [0.4, 0.5) is 0 Å². The van der Waals surface area contributed by atoms with Crippen molar-refractivity contribution in [3.8, 4) is 5.75 Å². The summed E-state index contributed by atoms with van der Waals surface area (Å²) < 4.78 is 5.66. The van der Waals surface area contributed by atoms with Gasteiger partial charge in [0, 0.05) is 12.6 Å². The first-order valence-corrected chi connectivity index (χ1v) is 7.83. The van der Waals surface area contributed by atoms with E-state index in [9.17, 15) is 0 Å². The van der Waals surface area contributed by atoms with Crippen LogP contribution in [0.2, 0.25) is 10.0 Å². The Morgan fingerprint density at radius 2 is 1.68 bits per heavy atom. The molecule has 1 aromatic rings. The van der Waals surface area contributed by atoms with E-state index in [1.54, 1.807) is 12.1 Å². The quantitative estimate of drug-likeness (QED) is 0.629. The van der Waals surface area contributed by atoms with Gasteiger partial charge in [-0.05, 0) is 25.0 Å². The summed E-state index contributed by atoms with van der Waals surface area (Å²) in [5.74, 6) is 0.591. The summed E-state index contributed by atoms with van der Waals surface area (Å²) in [4.78, 5) is 0. The van der Waals surface area contributed by atoms with E-state index in [0.29, 0.717) is 28.4 Å². The third-order valence-electron chi connectivity index (χ3n) is 3.56. The van der Waals surface area contributed by atoms with E-state index in [-0.39, 0.29) is 0 Å². The highest BCUT2D eigenvalue weighted by atomic mass is 35.5. The van der Waals surface area contributed by atoms with E-state index in [1.807, 2.05) is 6.07 Å². The molecule has 106 valence electrons. The fraction of sp³-hybridized carbons (Fsp3) is 0.600. The Morgan fingerprint density at radius 1 is 1.05 bits per heavy atom. The van der Waals surface area contributed by atoms with Gasteiger partial charge in [-0.3, -0.25) is 0 Å². The van der Waals surface area contributed by atoms with Crippen molar-refractivity contribution >= 4 is 23.2 Å². The van der Waals surface area contributed by atoms with Crippen LogP contribution in [-0.2, 0) is 0 Å². The maximum atomic E-state index is 6.05. The van der Waals surface area contributed by atoms with Crippen LogP contribution in [0, 0.1) is 0 Å². The molecule has 1 aliphatic rings. The molecule has 0 atom stereocenters. The molecule has 0 spiro atoms. The van der Waals surface area contributed by atoms with Gasteiger partial charge in [-0.2, -0.15) is 0 Å². The molecule has 2 rings (SSSR count). The average molecular weight is 302 g/mol. The number of benzene rings is 1. The molecule has 0 radical (unpaired) electrons. The lowest BCUT2D eigenvalue weighted by molar-refractivity contribution is 0.300. The molecule has 2 nitrogen and oxygen atoms in total. The summed E-state index contributed by atoms with van der Waals surface area (Å²) in [5.41, 5.74) is 0. The Balaban J connectivity index is 1.71. The largest absolute Gasteiger partial charge is 0.489 e. The zero-order valence-electron chi connectivity index (χ0n) is 11.1. The number of nitrogens with one attached hydrogen (secondary N) is 1. The fourth-order valence-electron chi connectivity index (χ4n) is 2.52. The number of hydrogen-bond acceptors (Lipinski definition) is 2. The van der Waals surface area contributed by atoms with Crippen LogP contribution in [0.25, 0.3) is 0 Å². The molecule has 1 N–H and O–H groups in total. The minimum atomic E-state index is 0.571. The summed E-state index contributed by atoms with van der Waals surface area (Å²) in [6.45, 7) is 1.44. The lowest BCUT2D eigenvalue weighted by Crippen LogP contribution is -2.32. The molecule has 1 fully saturated rings. The maximum absolute atomic E-state index is 6.05. The summed E-state index contributed by atoms with van der Waals surface area (Å²) in [5, 5.41) is 4.70. The average Bonchev–Trinajstić information content (AvgIpc) is 2.66. The van der Waals surface area contributed by atoms with E-state index in [2.05, 4.69) is 5.32 Å². The first-order chi connectivity index (χ1) is 9.27. The Labute approximate surface area is 125 Å². The topological polar surface area (TPSA) is 21.3 Å². The molecule has 19 heavy (non-hydrogen) atoms. The third-order valence-corrected chi connectivity index (χ3v) is 4.15. The van der Waals surface area contributed by atoms with E-state index in [4.69, 9.17) is 27.9 Å². The molecule has 0 bridgehead atoms. The van der Waals surface area contributed by atoms with Crippen molar-refractivity contribution in [2.45, 2.75) is 44.6 Å². The van der Waals surface area contributed by atoms with Gasteiger partial charge < -0.3 is 10.1 Å². The number of hydrogen-bond donors (Lipinski definition) is 1. The summed E-state index contributed by atoms with van der Waals surface area (Å²) in [7, 11) is 0. The van der Waals surface area contributed by atoms with Gasteiger partial charge >= 0.3 is 0 Å². The fourth-order valence-corrected chi connectivity index (χ4v) is 3.03. The molecular formula is C15H21Cl2NO. The molecular weight excluding hydrogens is 281 g/mol. The number of ether oxygens (including phenoxy) is 1. The maximum Gasteiger partial charge on any atom is 0.156 e. The van der Waals surface area contributed by atoms with Crippen LogP contribution in [0.3, 0.4) is 0 Å². The van der Waals surface area contributed by atoms with Crippen molar-refractivity contribution < 1.29 is 4.74 Å². The minimum Gasteiger partial charge on any atom is -0.489 e. The molecule has 1 saturated carbocycles. The van der Waals surface area contributed by atoms with Crippen molar-refractivity contribution in [3.63, 3.8) is 0 Å². The Hall–Kier alpha value is -0.440. The van der Waals surface area contributed by atoms with Gasteiger partial charge in [-0.15, -0.1) is 0 Å². The smallest absolute Gasteiger partial charge is 0.156 e. The summed E-state index contributed by atoms with van der Waals surface area (Å²) in [6, 6.07) is 6.05. The van der Waals surface area contributed by atoms with Crippen molar-refractivity contribution in [1.82, 2.24) is 5.32 Å². The number of para-hydroxylation sites is 1. The molecule has 0 unspecified atom stereocenters. The zero-order valence-corrected chi connectivity index (χ0v) is 12.6. The second kappa shape index (κ2) is 7.98. The Morgan fingerprint density at radius 3 is 2.32 bits per heavy atom. The van der Waals surface area contributed by atoms with Crippen LogP contribution in [0.5, 0.6) is 5.75 Å². The van der Waals surface area contributed by atoms with Gasteiger partial charge in [0.2, 0.25) is 0 Å². The number of halogens is 2. The highest BCUT2D eigenvalue weighted by Crippen LogP contribution is 2.32.